The van der Waals surface area contributed by atoms with E-state index in [1.54, 1.807) is 18.2 Å². The number of sulfonamides is 1. The molecule has 4 atom stereocenters. The van der Waals surface area contributed by atoms with E-state index in [4.69, 9.17) is 28.2 Å². The van der Waals surface area contributed by atoms with Crippen molar-refractivity contribution in [3.05, 3.63) is 33.8 Å². The first-order valence-electron chi connectivity index (χ1n) is 11.6. The Morgan fingerprint density at radius 1 is 1.29 bits per heavy atom. The Morgan fingerprint density at radius 3 is 2.59 bits per heavy atom. The molecule has 1 aromatic rings. The minimum absolute atomic E-state index is 0.0769. The second-order valence-electron chi connectivity index (χ2n) is 10.3. The van der Waals surface area contributed by atoms with Gasteiger partial charge < -0.3 is 10.6 Å². The topological polar surface area (TPSA) is 73.8 Å². The largest absolute Gasteiger partial charge is 0.366 e. The Morgan fingerprint density at radius 2 is 2.03 bits per heavy atom. The Kier molecular flexibility index (Phi) is 7.26. The van der Waals surface area contributed by atoms with Crippen LogP contribution in [0.15, 0.2) is 23.2 Å². The lowest BCUT2D eigenvalue weighted by molar-refractivity contribution is -0.0826. The standard InChI is InChI=1S/C23H32Cl2F2N4O2S/c1-22(2)19(12-28-3)29-21(30-22)23-8-6-15(23)18(11-23)31(34(32,33)9-7-20(26)27)13-14-4-5-16(24)17(25)10-14/h4-5,10,15,18-20,28H,6-9,11-13H2,1-3H3,(H,29,30)/t15?,18?,19-,23?/m0/s1. The highest BCUT2D eigenvalue weighted by Crippen LogP contribution is 2.64. The van der Waals surface area contributed by atoms with Crippen LogP contribution in [0.25, 0.3) is 0 Å². The van der Waals surface area contributed by atoms with Gasteiger partial charge in [-0.05, 0) is 63.8 Å². The van der Waals surface area contributed by atoms with Crippen LogP contribution in [0.4, 0.5) is 8.78 Å². The molecule has 2 saturated carbocycles. The lowest BCUT2D eigenvalue weighted by Crippen LogP contribution is -2.70. The summed E-state index contributed by atoms with van der Waals surface area (Å²) in [6.07, 6.45) is -0.905. The van der Waals surface area contributed by atoms with Crippen molar-refractivity contribution in [2.24, 2.45) is 16.3 Å². The van der Waals surface area contributed by atoms with Gasteiger partial charge in [0.2, 0.25) is 16.4 Å². The summed E-state index contributed by atoms with van der Waals surface area (Å²) >= 11 is 12.2. The summed E-state index contributed by atoms with van der Waals surface area (Å²) in [6, 6.07) is 4.81. The van der Waals surface area contributed by atoms with Crippen LogP contribution in [0.1, 0.15) is 45.1 Å². The number of fused-ring (bicyclic) bond motifs is 1. The molecular formula is C23H32Cl2F2N4O2S. The van der Waals surface area contributed by atoms with Gasteiger partial charge in [-0.1, -0.05) is 29.3 Å². The van der Waals surface area contributed by atoms with Crippen molar-refractivity contribution in [3.63, 3.8) is 0 Å². The molecule has 2 fully saturated rings. The molecule has 0 amide bonds. The van der Waals surface area contributed by atoms with Gasteiger partial charge in [-0.25, -0.2) is 17.2 Å². The summed E-state index contributed by atoms with van der Waals surface area (Å²) in [7, 11) is -2.01. The molecule has 0 aromatic heterocycles. The number of benzene rings is 1. The molecule has 34 heavy (non-hydrogen) atoms. The Hall–Kier alpha value is -1.00. The zero-order valence-electron chi connectivity index (χ0n) is 19.6. The molecule has 11 heteroatoms. The highest BCUT2D eigenvalue weighted by Gasteiger charge is 2.66. The van der Waals surface area contributed by atoms with E-state index in [0.717, 1.165) is 25.2 Å². The van der Waals surface area contributed by atoms with Gasteiger partial charge in [0.25, 0.3) is 0 Å². The normalized spacial score (nSPS) is 29.9. The number of likely N-dealkylation sites (N-methyl/N-ethyl adjacent to an activating group) is 1. The summed E-state index contributed by atoms with van der Waals surface area (Å²) in [4.78, 5) is 4.99. The number of hydrogen-bond donors (Lipinski definition) is 2. The van der Waals surface area contributed by atoms with E-state index in [9.17, 15) is 17.2 Å². The quantitative estimate of drug-likeness (QED) is 0.467. The SMILES string of the molecule is CNC[C@@H]1N=C(C23CCC2C(N(Cc2ccc(Cl)c(Cl)c2)S(=O)(=O)CCC(F)F)C3)NC1(C)C. The monoisotopic (exact) mass is 536 g/mol. The molecular weight excluding hydrogens is 505 g/mol. The molecule has 2 N–H and O–H groups in total. The van der Waals surface area contributed by atoms with Crippen LogP contribution in [0, 0.1) is 11.3 Å². The third kappa shape index (κ3) is 4.71. The fourth-order valence-corrected chi connectivity index (χ4v) is 7.61. The van der Waals surface area contributed by atoms with Gasteiger partial charge in [-0.3, -0.25) is 4.99 Å². The van der Waals surface area contributed by atoms with Gasteiger partial charge in [-0.15, -0.1) is 0 Å². The first kappa shape index (κ1) is 26.1. The highest BCUT2D eigenvalue weighted by molar-refractivity contribution is 7.89. The van der Waals surface area contributed by atoms with E-state index in [1.807, 2.05) is 7.05 Å². The summed E-state index contributed by atoms with van der Waals surface area (Å²) < 4.78 is 53.7. The second-order valence-corrected chi connectivity index (χ2v) is 13.1. The van der Waals surface area contributed by atoms with Gasteiger partial charge in [0.1, 0.15) is 5.84 Å². The van der Waals surface area contributed by atoms with Gasteiger partial charge in [0.15, 0.2) is 0 Å². The van der Waals surface area contributed by atoms with Crippen molar-refractivity contribution in [1.29, 1.82) is 0 Å². The Labute approximate surface area is 210 Å². The lowest BCUT2D eigenvalue weighted by atomic mass is 9.44. The average molecular weight is 538 g/mol. The van der Waals surface area contributed by atoms with E-state index >= 15 is 0 Å². The molecule has 190 valence electrons. The summed E-state index contributed by atoms with van der Waals surface area (Å²) in [5.41, 5.74) is 0.318. The Bertz CT molecular complexity index is 1070. The van der Waals surface area contributed by atoms with Gasteiger partial charge in [-0.2, -0.15) is 4.31 Å². The lowest BCUT2D eigenvalue weighted by Gasteiger charge is -2.65. The van der Waals surface area contributed by atoms with Crippen molar-refractivity contribution in [2.45, 2.75) is 70.1 Å². The third-order valence-electron chi connectivity index (χ3n) is 7.72. The van der Waals surface area contributed by atoms with Crippen LogP contribution < -0.4 is 10.6 Å². The van der Waals surface area contributed by atoms with E-state index in [0.29, 0.717) is 22.0 Å². The van der Waals surface area contributed by atoms with Crippen LogP contribution in [-0.4, -0.2) is 62.0 Å². The summed E-state index contributed by atoms with van der Waals surface area (Å²) in [6.45, 7) is 5.07. The number of halogens is 4. The molecule has 0 bridgehead atoms. The van der Waals surface area contributed by atoms with Crippen molar-refractivity contribution in [1.82, 2.24) is 14.9 Å². The number of aliphatic imine (C=N–C) groups is 1. The number of nitrogens with one attached hydrogen (secondary N) is 2. The second kappa shape index (κ2) is 9.47. The van der Waals surface area contributed by atoms with Gasteiger partial charge in [0, 0.05) is 31.0 Å². The fourth-order valence-electron chi connectivity index (χ4n) is 5.60. The molecule has 4 rings (SSSR count). The smallest absolute Gasteiger partial charge is 0.239 e. The first-order chi connectivity index (χ1) is 15.9. The summed E-state index contributed by atoms with van der Waals surface area (Å²) in [5.74, 6) is 0.482. The maximum atomic E-state index is 13.2. The molecule has 0 radical (unpaired) electrons. The van der Waals surface area contributed by atoms with E-state index in [2.05, 4.69) is 24.5 Å². The number of alkyl halides is 2. The molecule has 1 aromatic carbocycles. The first-order valence-corrected chi connectivity index (χ1v) is 14.0. The maximum Gasteiger partial charge on any atom is 0.239 e. The zero-order valence-corrected chi connectivity index (χ0v) is 22.0. The zero-order chi connectivity index (χ0) is 24.9. The van der Waals surface area contributed by atoms with E-state index in [1.165, 1.54) is 4.31 Å². The highest BCUT2D eigenvalue weighted by atomic mass is 35.5. The number of nitrogens with zero attached hydrogens (tertiary/aromatic N) is 2. The predicted octanol–water partition coefficient (Wildman–Crippen LogP) is 4.32. The molecule has 2 aliphatic carbocycles. The molecule has 6 nitrogen and oxygen atoms in total. The predicted molar refractivity (Wildman–Crippen MR) is 132 cm³/mol. The van der Waals surface area contributed by atoms with Crippen LogP contribution in [0.5, 0.6) is 0 Å². The van der Waals surface area contributed by atoms with Crippen molar-refractivity contribution in [2.75, 3.05) is 19.3 Å². The van der Waals surface area contributed by atoms with Crippen molar-refractivity contribution < 1.29 is 17.2 Å². The van der Waals surface area contributed by atoms with Gasteiger partial charge in [0.05, 0.1) is 27.4 Å². The molecule has 3 aliphatic rings. The average Bonchev–Trinajstić information content (AvgIpc) is 3.03. The van der Waals surface area contributed by atoms with Crippen LogP contribution >= 0.6 is 23.2 Å². The molecule has 1 heterocycles. The number of hydrogen-bond acceptors (Lipinski definition) is 5. The number of amidine groups is 1. The Balaban J connectivity index is 1.58. The van der Waals surface area contributed by atoms with Crippen molar-refractivity contribution in [3.8, 4) is 0 Å². The molecule has 0 spiro atoms. The maximum absolute atomic E-state index is 13.2. The van der Waals surface area contributed by atoms with Crippen LogP contribution in [0.3, 0.4) is 0 Å². The molecule has 3 unspecified atom stereocenters. The third-order valence-corrected chi connectivity index (χ3v) is 10.3. The van der Waals surface area contributed by atoms with E-state index < -0.39 is 28.6 Å². The van der Waals surface area contributed by atoms with Gasteiger partial charge >= 0.3 is 0 Å². The number of rotatable bonds is 10. The van der Waals surface area contributed by atoms with Crippen LogP contribution in [0.2, 0.25) is 10.0 Å². The minimum atomic E-state index is -3.91. The molecule has 1 aliphatic heterocycles. The fraction of sp³-hybridized carbons (Fsp3) is 0.696. The van der Waals surface area contributed by atoms with Crippen molar-refractivity contribution >= 4 is 39.1 Å². The molecule has 0 saturated heterocycles. The van der Waals surface area contributed by atoms with Crippen LogP contribution in [-0.2, 0) is 16.6 Å². The van der Waals surface area contributed by atoms with E-state index in [-0.39, 0.29) is 35.5 Å². The summed E-state index contributed by atoms with van der Waals surface area (Å²) in [5, 5.41) is 7.50. The minimum Gasteiger partial charge on any atom is -0.366 e.